The fourth-order valence-electron chi connectivity index (χ4n) is 2.45. The Kier molecular flexibility index (Phi) is 4.57. The Morgan fingerprint density at radius 1 is 0.960 bits per heavy atom. The van der Waals surface area contributed by atoms with E-state index in [2.05, 4.69) is 0 Å². The minimum atomic E-state index is -0.558. The van der Waals surface area contributed by atoms with E-state index in [1.165, 1.54) is 24.3 Å². The Morgan fingerprint density at radius 2 is 1.64 bits per heavy atom. The molecular weight excluding hydrogens is 318 g/mol. The van der Waals surface area contributed by atoms with Gasteiger partial charge in [-0.05, 0) is 36.2 Å². The Morgan fingerprint density at radius 3 is 2.28 bits per heavy atom. The Labute approximate surface area is 144 Å². The maximum atomic E-state index is 12.4. The van der Waals surface area contributed by atoms with Crippen molar-refractivity contribution in [2.45, 2.75) is 6.92 Å². The van der Waals surface area contributed by atoms with Crippen molar-refractivity contribution in [3.8, 4) is 16.9 Å². The molecule has 0 bridgehead atoms. The van der Waals surface area contributed by atoms with Gasteiger partial charge in [0.15, 0.2) is 0 Å². The number of non-ortho nitro benzene ring substituents is 1. The Balaban J connectivity index is 1.90. The maximum Gasteiger partial charge on any atom is 0.343 e. The van der Waals surface area contributed by atoms with Gasteiger partial charge in [-0.25, -0.2) is 4.79 Å². The summed E-state index contributed by atoms with van der Waals surface area (Å²) in [6.07, 6.45) is 0. The average Bonchev–Trinajstić information content (AvgIpc) is 2.62. The zero-order valence-corrected chi connectivity index (χ0v) is 13.5. The van der Waals surface area contributed by atoms with Crippen molar-refractivity contribution in [2.75, 3.05) is 0 Å². The van der Waals surface area contributed by atoms with E-state index in [1.54, 1.807) is 6.07 Å². The molecule has 0 saturated carbocycles. The van der Waals surface area contributed by atoms with Crippen molar-refractivity contribution in [1.29, 1.82) is 0 Å². The molecule has 0 amide bonds. The summed E-state index contributed by atoms with van der Waals surface area (Å²) in [5.74, 6) is -0.104. The van der Waals surface area contributed by atoms with Gasteiger partial charge < -0.3 is 4.74 Å². The third-order valence-electron chi connectivity index (χ3n) is 3.74. The standard InChI is InChI=1S/C20H15NO4/c1-14-7-12-18(15-5-3-2-4-6-15)19(13-14)25-20(22)16-8-10-17(11-9-16)21(23)24/h2-13H,1H3. The number of nitrogens with zero attached hydrogens (tertiary/aromatic N) is 1. The summed E-state index contributed by atoms with van der Waals surface area (Å²) in [5.41, 5.74) is 2.89. The Bertz CT molecular complexity index is 918. The van der Waals surface area contributed by atoms with Crippen LogP contribution >= 0.6 is 0 Å². The van der Waals surface area contributed by atoms with Crippen LogP contribution in [0.3, 0.4) is 0 Å². The normalized spacial score (nSPS) is 10.3. The maximum absolute atomic E-state index is 12.4. The van der Waals surface area contributed by atoms with E-state index in [0.29, 0.717) is 5.75 Å². The zero-order chi connectivity index (χ0) is 17.8. The minimum Gasteiger partial charge on any atom is -0.422 e. The van der Waals surface area contributed by atoms with Crippen LogP contribution in [0.2, 0.25) is 0 Å². The van der Waals surface area contributed by atoms with Gasteiger partial charge in [0, 0.05) is 17.7 Å². The molecular formula is C20H15NO4. The molecule has 0 unspecified atom stereocenters. The van der Waals surface area contributed by atoms with Crippen LogP contribution in [0.15, 0.2) is 72.8 Å². The highest BCUT2D eigenvalue weighted by Gasteiger charge is 2.14. The van der Waals surface area contributed by atoms with E-state index in [0.717, 1.165) is 16.7 Å². The second kappa shape index (κ2) is 6.97. The summed E-state index contributed by atoms with van der Waals surface area (Å²) in [5, 5.41) is 10.7. The first-order valence-corrected chi connectivity index (χ1v) is 7.67. The van der Waals surface area contributed by atoms with E-state index in [9.17, 15) is 14.9 Å². The number of ether oxygens (including phenoxy) is 1. The lowest BCUT2D eigenvalue weighted by Crippen LogP contribution is -2.09. The summed E-state index contributed by atoms with van der Waals surface area (Å²) < 4.78 is 5.56. The molecule has 0 aliphatic heterocycles. The number of hydrogen-bond acceptors (Lipinski definition) is 4. The molecule has 0 heterocycles. The molecule has 0 radical (unpaired) electrons. The SMILES string of the molecule is Cc1ccc(-c2ccccc2)c(OC(=O)c2ccc([N+](=O)[O-])cc2)c1. The monoisotopic (exact) mass is 333 g/mol. The molecule has 3 rings (SSSR count). The lowest BCUT2D eigenvalue weighted by molar-refractivity contribution is -0.384. The highest BCUT2D eigenvalue weighted by molar-refractivity contribution is 5.92. The molecule has 0 N–H and O–H groups in total. The minimum absolute atomic E-state index is 0.0721. The number of aryl methyl sites for hydroxylation is 1. The van der Waals surface area contributed by atoms with Crippen molar-refractivity contribution in [3.05, 3.63) is 94.0 Å². The van der Waals surface area contributed by atoms with Gasteiger partial charge in [-0.15, -0.1) is 0 Å². The van der Waals surface area contributed by atoms with Crippen LogP contribution in [0.1, 0.15) is 15.9 Å². The molecule has 25 heavy (non-hydrogen) atoms. The molecule has 124 valence electrons. The number of hydrogen-bond donors (Lipinski definition) is 0. The van der Waals surface area contributed by atoms with Crippen molar-refractivity contribution in [1.82, 2.24) is 0 Å². The van der Waals surface area contributed by atoms with Crippen molar-refractivity contribution in [2.24, 2.45) is 0 Å². The number of rotatable bonds is 4. The fourth-order valence-corrected chi connectivity index (χ4v) is 2.45. The first kappa shape index (κ1) is 16.4. The zero-order valence-electron chi connectivity index (χ0n) is 13.5. The number of carbonyl (C=O) groups excluding carboxylic acids is 1. The predicted molar refractivity (Wildman–Crippen MR) is 94.7 cm³/mol. The highest BCUT2D eigenvalue weighted by atomic mass is 16.6. The van der Waals surface area contributed by atoms with E-state index in [4.69, 9.17) is 4.74 Å². The molecule has 0 atom stereocenters. The third-order valence-corrected chi connectivity index (χ3v) is 3.74. The number of nitro groups is 1. The van der Waals surface area contributed by atoms with Crippen LogP contribution in [0, 0.1) is 17.0 Å². The summed E-state index contributed by atoms with van der Waals surface area (Å²) in [6.45, 7) is 1.91. The number of benzene rings is 3. The first-order valence-electron chi connectivity index (χ1n) is 7.67. The largest absolute Gasteiger partial charge is 0.422 e. The fraction of sp³-hybridized carbons (Fsp3) is 0.0500. The predicted octanol–water partition coefficient (Wildman–Crippen LogP) is 4.79. The molecule has 0 aromatic heterocycles. The van der Waals surface area contributed by atoms with Crippen LogP contribution in [-0.4, -0.2) is 10.9 Å². The summed E-state index contributed by atoms with van der Waals surface area (Å²) >= 11 is 0. The first-order chi connectivity index (χ1) is 12.0. The molecule has 0 aliphatic carbocycles. The van der Waals surface area contributed by atoms with Gasteiger partial charge in [0.25, 0.3) is 5.69 Å². The molecule has 5 heteroatoms. The van der Waals surface area contributed by atoms with Crippen molar-refractivity contribution >= 4 is 11.7 Å². The summed E-state index contributed by atoms with van der Waals surface area (Å²) in [6, 6.07) is 20.6. The van der Waals surface area contributed by atoms with E-state index in [1.807, 2.05) is 49.4 Å². The van der Waals surface area contributed by atoms with Gasteiger partial charge in [-0.1, -0.05) is 42.5 Å². The van der Waals surface area contributed by atoms with Gasteiger partial charge in [-0.2, -0.15) is 0 Å². The molecule has 3 aromatic carbocycles. The number of nitro benzene ring substituents is 1. The van der Waals surface area contributed by atoms with Crippen LogP contribution in [0.4, 0.5) is 5.69 Å². The van der Waals surface area contributed by atoms with Gasteiger partial charge in [-0.3, -0.25) is 10.1 Å². The van der Waals surface area contributed by atoms with Crippen LogP contribution in [0.25, 0.3) is 11.1 Å². The van der Waals surface area contributed by atoms with E-state index in [-0.39, 0.29) is 11.3 Å². The number of carbonyl (C=O) groups is 1. The lowest BCUT2D eigenvalue weighted by Gasteiger charge is -2.11. The van der Waals surface area contributed by atoms with Gasteiger partial charge in [0.1, 0.15) is 5.75 Å². The average molecular weight is 333 g/mol. The van der Waals surface area contributed by atoms with Crippen LogP contribution in [0.5, 0.6) is 5.75 Å². The molecule has 0 saturated heterocycles. The summed E-state index contributed by atoms with van der Waals surface area (Å²) in [4.78, 5) is 22.6. The van der Waals surface area contributed by atoms with E-state index >= 15 is 0 Å². The van der Waals surface area contributed by atoms with Crippen molar-refractivity contribution in [3.63, 3.8) is 0 Å². The second-order valence-electron chi connectivity index (χ2n) is 5.56. The molecule has 5 nitrogen and oxygen atoms in total. The van der Waals surface area contributed by atoms with Crippen LogP contribution < -0.4 is 4.74 Å². The van der Waals surface area contributed by atoms with Gasteiger partial charge >= 0.3 is 5.97 Å². The molecule has 0 spiro atoms. The van der Waals surface area contributed by atoms with Gasteiger partial charge in [0.05, 0.1) is 10.5 Å². The lowest BCUT2D eigenvalue weighted by atomic mass is 10.0. The van der Waals surface area contributed by atoms with Crippen LogP contribution in [-0.2, 0) is 0 Å². The smallest absolute Gasteiger partial charge is 0.343 e. The third kappa shape index (κ3) is 3.72. The molecule has 3 aromatic rings. The summed E-state index contributed by atoms with van der Waals surface area (Å²) in [7, 11) is 0. The molecule has 0 fully saturated rings. The van der Waals surface area contributed by atoms with Crippen molar-refractivity contribution < 1.29 is 14.5 Å². The van der Waals surface area contributed by atoms with E-state index < -0.39 is 10.9 Å². The highest BCUT2D eigenvalue weighted by Crippen LogP contribution is 2.31. The van der Waals surface area contributed by atoms with Gasteiger partial charge in [0.2, 0.25) is 0 Å². The Hall–Kier alpha value is -3.47. The second-order valence-corrected chi connectivity index (χ2v) is 5.56. The molecule has 0 aliphatic rings. The topological polar surface area (TPSA) is 69.4 Å². The quantitative estimate of drug-likeness (QED) is 0.298. The number of esters is 1.